The first-order chi connectivity index (χ1) is 8.52. The van der Waals surface area contributed by atoms with E-state index in [2.05, 4.69) is 5.10 Å². The van der Waals surface area contributed by atoms with Gasteiger partial charge >= 0.3 is 5.97 Å². The van der Waals surface area contributed by atoms with E-state index in [0.29, 0.717) is 37.8 Å². The average Bonchev–Trinajstić information content (AvgIpc) is 2.60. The van der Waals surface area contributed by atoms with Crippen molar-refractivity contribution >= 4 is 11.8 Å². The van der Waals surface area contributed by atoms with E-state index in [-0.39, 0.29) is 5.56 Å². The van der Waals surface area contributed by atoms with Crippen molar-refractivity contribution in [3.05, 3.63) is 11.3 Å². The molecule has 0 aliphatic carbocycles. The summed E-state index contributed by atoms with van der Waals surface area (Å²) >= 11 is 0. The van der Waals surface area contributed by atoms with E-state index in [1.54, 1.807) is 18.7 Å². The maximum atomic E-state index is 11.3. The molecule has 0 bridgehead atoms. The number of hydrogen-bond donors (Lipinski definition) is 1. The molecule has 0 amide bonds. The maximum absolute atomic E-state index is 11.3. The molecule has 0 aromatic carbocycles. The molecule has 0 fully saturated rings. The van der Waals surface area contributed by atoms with Crippen molar-refractivity contribution < 1.29 is 14.6 Å². The second-order valence-corrected chi connectivity index (χ2v) is 3.99. The second-order valence-electron chi connectivity index (χ2n) is 3.99. The Labute approximate surface area is 107 Å². The first-order valence-corrected chi connectivity index (χ1v) is 6.12. The normalized spacial score (nSPS) is 10.7. The zero-order valence-electron chi connectivity index (χ0n) is 11.4. The van der Waals surface area contributed by atoms with Gasteiger partial charge in [-0.15, -0.1) is 0 Å². The number of carboxylic acid groups (broad SMARTS) is 1. The third kappa shape index (κ3) is 3.01. The fourth-order valence-corrected chi connectivity index (χ4v) is 1.99. The summed E-state index contributed by atoms with van der Waals surface area (Å²) in [7, 11) is 1.76. The summed E-state index contributed by atoms with van der Waals surface area (Å²) in [6.45, 7) is 8.24. The van der Waals surface area contributed by atoms with Crippen molar-refractivity contribution in [1.82, 2.24) is 9.78 Å². The summed E-state index contributed by atoms with van der Waals surface area (Å²) in [6, 6.07) is 0. The van der Waals surface area contributed by atoms with E-state index in [0.717, 1.165) is 0 Å². The molecule has 0 saturated carbocycles. The van der Waals surface area contributed by atoms with Gasteiger partial charge in [-0.2, -0.15) is 5.10 Å². The number of aromatic carboxylic acids is 1. The average molecular weight is 255 g/mol. The lowest BCUT2D eigenvalue weighted by atomic mass is 10.2. The molecule has 0 saturated heterocycles. The molecular formula is C12H21N3O3. The van der Waals surface area contributed by atoms with Gasteiger partial charge in [-0.05, 0) is 20.8 Å². The Hall–Kier alpha value is -1.56. The number of carbonyl (C=O) groups is 1. The number of hydrogen-bond acceptors (Lipinski definition) is 4. The molecule has 0 aliphatic heterocycles. The molecule has 6 nitrogen and oxygen atoms in total. The third-order valence-electron chi connectivity index (χ3n) is 2.80. The van der Waals surface area contributed by atoms with E-state index in [4.69, 9.17) is 4.74 Å². The van der Waals surface area contributed by atoms with Gasteiger partial charge < -0.3 is 14.7 Å². The maximum Gasteiger partial charge on any atom is 0.341 e. The highest BCUT2D eigenvalue weighted by Gasteiger charge is 2.23. The molecule has 0 unspecified atom stereocenters. The van der Waals surface area contributed by atoms with Gasteiger partial charge in [-0.1, -0.05) is 0 Å². The summed E-state index contributed by atoms with van der Waals surface area (Å²) < 4.78 is 6.93. The summed E-state index contributed by atoms with van der Waals surface area (Å²) in [5.41, 5.74) is 0.811. The molecule has 6 heteroatoms. The van der Waals surface area contributed by atoms with Crippen LogP contribution in [0.5, 0.6) is 0 Å². The summed E-state index contributed by atoms with van der Waals surface area (Å²) in [5, 5.41) is 13.4. The van der Waals surface area contributed by atoms with E-state index in [9.17, 15) is 9.90 Å². The summed E-state index contributed by atoms with van der Waals surface area (Å²) in [5.74, 6) is -0.298. The molecule has 18 heavy (non-hydrogen) atoms. The summed E-state index contributed by atoms with van der Waals surface area (Å²) in [4.78, 5) is 13.3. The quantitative estimate of drug-likeness (QED) is 0.744. The van der Waals surface area contributed by atoms with Crippen LogP contribution in [0, 0.1) is 6.92 Å². The Morgan fingerprint density at radius 1 is 1.50 bits per heavy atom. The van der Waals surface area contributed by atoms with Crippen LogP contribution in [-0.4, -0.2) is 47.2 Å². The van der Waals surface area contributed by atoms with E-state index < -0.39 is 5.97 Å². The molecule has 1 heterocycles. The third-order valence-corrected chi connectivity index (χ3v) is 2.80. The van der Waals surface area contributed by atoms with Crippen LogP contribution in [0.1, 0.15) is 29.9 Å². The zero-order valence-corrected chi connectivity index (χ0v) is 11.4. The first kappa shape index (κ1) is 14.5. The lowest BCUT2D eigenvalue weighted by Crippen LogP contribution is -2.30. The Bertz CT molecular complexity index is 415. The minimum Gasteiger partial charge on any atom is -0.477 e. The minimum absolute atomic E-state index is 0.274. The van der Waals surface area contributed by atoms with Crippen molar-refractivity contribution in [3.8, 4) is 0 Å². The van der Waals surface area contributed by atoms with E-state index in [1.807, 2.05) is 18.7 Å². The smallest absolute Gasteiger partial charge is 0.341 e. The van der Waals surface area contributed by atoms with E-state index in [1.165, 1.54) is 0 Å². The van der Waals surface area contributed by atoms with Gasteiger partial charge in [0, 0.05) is 26.7 Å². The van der Waals surface area contributed by atoms with Crippen molar-refractivity contribution in [2.24, 2.45) is 7.05 Å². The molecule has 0 aliphatic rings. The van der Waals surface area contributed by atoms with Gasteiger partial charge in [0.25, 0.3) is 0 Å². The molecule has 1 N–H and O–H groups in total. The monoisotopic (exact) mass is 255 g/mol. The molecule has 0 spiro atoms. The topological polar surface area (TPSA) is 67.6 Å². The zero-order chi connectivity index (χ0) is 13.7. The number of nitrogens with zero attached hydrogens (tertiary/aromatic N) is 3. The highest BCUT2D eigenvalue weighted by atomic mass is 16.5. The molecule has 1 rings (SSSR count). The first-order valence-electron chi connectivity index (χ1n) is 6.12. The molecular weight excluding hydrogens is 234 g/mol. The van der Waals surface area contributed by atoms with Crippen LogP contribution in [0.3, 0.4) is 0 Å². The summed E-state index contributed by atoms with van der Waals surface area (Å²) in [6.07, 6.45) is 0. The molecule has 1 aromatic heterocycles. The Balaban J connectivity index is 3.00. The highest BCUT2D eigenvalue weighted by molar-refractivity contribution is 5.94. The van der Waals surface area contributed by atoms with Gasteiger partial charge in [0.05, 0.1) is 12.3 Å². The Kier molecular flexibility index (Phi) is 5.15. The molecule has 1 aromatic rings. The van der Waals surface area contributed by atoms with Crippen molar-refractivity contribution in [2.75, 3.05) is 31.2 Å². The number of likely N-dealkylation sites (N-methyl/N-ethyl adjacent to an activating group) is 1. The van der Waals surface area contributed by atoms with Crippen LogP contribution >= 0.6 is 0 Å². The molecule has 0 atom stereocenters. The lowest BCUT2D eigenvalue weighted by molar-refractivity contribution is 0.0696. The Morgan fingerprint density at radius 2 is 2.17 bits per heavy atom. The van der Waals surface area contributed by atoms with Crippen LogP contribution in [0.25, 0.3) is 0 Å². The number of carboxylic acids is 1. The van der Waals surface area contributed by atoms with Crippen molar-refractivity contribution in [2.45, 2.75) is 20.8 Å². The van der Waals surface area contributed by atoms with Crippen LogP contribution < -0.4 is 4.90 Å². The van der Waals surface area contributed by atoms with Gasteiger partial charge in [0.15, 0.2) is 0 Å². The van der Waals surface area contributed by atoms with Crippen LogP contribution in [-0.2, 0) is 11.8 Å². The fraction of sp³-hybridized carbons (Fsp3) is 0.667. The Morgan fingerprint density at radius 3 is 2.67 bits per heavy atom. The predicted molar refractivity (Wildman–Crippen MR) is 69.3 cm³/mol. The van der Waals surface area contributed by atoms with Crippen molar-refractivity contribution in [3.63, 3.8) is 0 Å². The SMILES string of the molecule is CCOCCN(CC)c1c(C(=O)O)c(C)nn1C. The molecule has 102 valence electrons. The van der Waals surface area contributed by atoms with Crippen LogP contribution in [0.4, 0.5) is 5.82 Å². The standard InChI is InChI=1S/C12H21N3O3/c1-5-15(7-8-18-6-2)11-10(12(16)17)9(3)13-14(11)4/h5-8H2,1-4H3,(H,16,17). The predicted octanol–water partition coefficient (Wildman–Crippen LogP) is 1.29. The fourth-order valence-electron chi connectivity index (χ4n) is 1.99. The largest absolute Gasteiger partial charge is 0.477 e. The van der Waals surface area contributed by atoms with Crippen LogP contribution in [0.2, 0.25) is 0 Å². The van der Waals surface area contributed by atoms with Crippen molar-refractivity contribution in [1.29, 1.82) is 0 Å². The van der Waals surface area contributed by atoms with Crippen LogP contribution in [0.15, 0.2) is 0 Å². The number of aromatic nitrogens is 2. The highest BCUT2D eigenvalue weighted by Crippen LogP contribution is 2.22. The van der Waals surface area contributed by atoms with Gasteiger partial charge in [0.2, 0.25) is 0 Å². The second kappa shape index (κ2) is 6.39. The number of anilines is 1. The minimum atomic E-state index is -0.939. The van der Waals surface area contributed by atoms with Gasteiger partial charge in [-0.3, -0.25) is 4.68 Å². The van der Waals surface area contributed by atoms with E-state index >= 15 is 0 Å². The number of aryl methyl sites for hydroxylation is 2. The number of ether oxygens (including phenoxy) is 1. The van der Waals surface area contributed by atoms with Gasteiger partial charge in [-0.25, -0.2) is 4.79 Å². The van der Waals surface area contributed by atoms with Gasteiger partial charge in [0.1, 0.15) is 11.4 Å². The molecule has 0 radical (unpaired) electrons. The lowest BCUT2D eigenvalue weighted by Gasteiger charge is -2.23. The number of rotatable bonds is 7.